The molecule has 0 N–H and O–H groups in total. The Morgan fingerprint density at radius 3 is 2.12 bits per heavy atom. The lowest BCUT2D eigenvalue weighted by Crippen LogP contribution is -1.99. The second kappa shape index (κ2) is 8.95. The van der Waals surface area contributed by atoms with E-state index in [4.69, 9.17) is 25.5 Å². The Labute approximate surface area is 187 Å². The number of non-ortho nitro benzene ring substituents is 1. The number of rotatable bonds is 7. The second-order valence-electron chi connectivity index (χ2n) is 6.72. The van der Waals surface area contributed by atoms with Gasteiger partial charge in [0, 0.05) is 23.3 Å². The molecular weight excluding hydrogens is 434 g/mol. The highest BCUT2D eigenvalue weighted by Gasteiger charge is 2.17. The summed E-state index contributed by atoms with van der Waals surface area (Å²) in [6.45, 7) is 0. The summed E-state index contributed by atoms with van der Waals surface area (Å²) in [6.07, 6.45) is 0. The molecule has 0 radical (unpaired) electrons. The van der Waals surface area contributed by atoms with Crippen LogP contribution in [0, 0.1) is 10.1 Å². The quantitative estimate of drug-likeness (QED) is 0.181. The highest BCUT2D eigenvalue weighted by Crippen LogP contribution is 2.33. The number of furan rings is 1. The number of ketones is 1. The summed E-state index contributed by atoms with van der Waals surface area (Å²) in [5.41, 5.74) is 0.751. The molecule has 1 heterocycles. The van der Waals surface area contributed by atoms with Gasteiger partial charge in [-0.3, -0.25) is 14.9 Å². The first kappa shape index (κ1) is 21.1. The largest absolute Gasteiger partial charge is 0.497 e. The minimum atomic E-state index is -0.533. The Balaban J connectivity index is 1.49. The molecule has 0 saturated carbocycles. The molecule has 0 amide bonds. The summed E-state index contributed by atoms with van der Waals surface area (Å²) in [5.74, 6) is 2.09. The van der Waals surface area contributed by atoms with E-state index in [2.05, 4.69) is 0 Å². The van der Waals surface area contributed by atoms with Crippen molar-refractivity contribution in [1.82, 2.24) is 0 Å². The highest BCUT2D eigenvalue weighted by atomic mass is 35.5. The fourth-order valence-corrected chi connectivity index (χ4v) is 3.29. The average molecular weight is 450 g/mol. The zero-order valence-electron chi connectivity index (χ0n) is 16.8. The van der Waals surface area contributed by atoms with Crippen LogP contribution in [0.25, 0.3) is 11.3 Å². The van der Waals surface area contributed by atoms with Crippen molar-refractivity contribution < 1.29 is 23.6 Å². The lowest BCUT2D eigenvalue weighted by atomic mass is 10.1. The van der Waals surface area contributed by atoms with Crippen molar-refractivity contribution in [2.24, 2.45) is 0 Å². The summed E-state index contributed by atoms with van der Waals surface area (Å²) < 4.78 is 16.6. The Kier molecular flexibility index (Phi) is 5.91. The molecule has 0 unspecified atom stereocenters. The van der Waals surface area contributed by atoms with Gasteiger partial charge in [-0.2, -0.15) is 0 Å². The molecule has 0 bridgehead atoms. The van der Waals surface area contributed by atoms with Crippen molar-refractivity contribution in [3.63, 3.8) is 0 Å². The molecule has 0 fully saturated rings. The molecule has 0 aliphatic rings. The van der Waals surface area contributed by atoms with E-state index in [1.54, 1.807) is 61.7 Å². The summed E-state index contributed by atoms with van der Waals surface area (Å²) in [4.78, 5) is 23.1. The monoisotopic (exact) mass is 449 g/mol. The molecule has 0 spiro atoms. The molecule has 8 heteroatoms. The van der Waals surface area contributed by atoms with Gasteiger partial charge >= 0.3 is 0 Å². The molecule has 0 aliphatic heterocycles. The number of ether oxygens (including phenoxy) is 2. The molecule has 0 atom stereocenters. The third kappa shape index (κ3) is 4.48. The molecule has 3 aromatic carbocycles. The van der Waals surface area contributed by atoms with Crippen molar-refractivity contribution >= 4 is 23.1 Å². The fraction of sp³-hybridized carbons (Fsp3) is 0.0417. The van der Waals surface area contributed by atoms with Crippen LogP contribution in [0.5, 0.6) is 17.2 Å². The summed E-state index contributed by atoms with van der Waals surface area (Å²) in [7, 11) is 1.59. The Morgan fingerprint density at radius 2 is 1.53 bits per heavy atom. The zero-order valence-corrected chi connectivity index (χ0v) is 17.5. The van der Waals surface area contributed by atoms with Gasteiger partial charge in [-0.1, -0.05) is 11.6 Å². The van der Waals surface area contributed by atoms with Gasteiger partial charge in [0.15, 0.2) is 5.76 Å². The third-order valence-corrected chi connectivity index (χ3v) is 4.98. The van der Waals surface area contributed by atoms with Gasteiger partial charge < -0.3 is 13.9 Å². The average Bonchev–Trinajstić information content (AvgIpc) is 3.29. The van der Waals surface area contributed by atoms with E-state index in [1.165, 1.54) is 24.3 Å². The van der Waals surface area contributed by atoms with Crippen LogP contribution in [0.4, 0.5) is 5.69 Å². The first-order valence-electron chi connectivity index (χ1n) is 9.45. The van der Waals surface area contributed by atoms with Crippen molar-refractivity contribution in [3.8, 4) is 28.6 Å². The smallest absolute Gasteiger partial charge is 0.270 e. The summed E-state index contributed by atoms with van der Waals surface area (Å²) >= 11 is 6.14. The topological polar surface area (TPSA) is 91.8 Å². The molecule has 160 valence electrons. The minimum absolute atomic E-state index is 0.123. The van der Waals surface area contributed by atoms with Gasteiger partial charge in [-0.05, 0) is 66.7 Å². The van der Waals surface area contributed by atoms with Gasteiger partial charge in [0.1, 0.15) is 23.0 Å². The van der Waals surface area contributed by atoms with E-state index >= 15 is 0 Å². The number of methoxy groups -OCH3 is 1. The van der Waals surface area contributed by atoms with Crippen LogP contribution in [-0.2, 0) is 0 Å². The zero-order chi connectivity index (χ0) is 22.7. The van der Waals surface area contributed by atoms with E-state index in [0.717, 1.165) is 5.75 Å². The molecule has 0 aliphatic carbocycles. The maximum absolute atomic E-state index is 12.8. The lowest BCUT2D eigenvalue weighted by Gasteiger charge is -2.07. The number of benzene rings is 3. The van der Waals surface area contributed by atoms with Crippen LogP contribution in [0.3, 0.4) is 0 Å². The van der Waals surface area contributed by atoms with E-state index in [9.17, 15) is 14.9 Å². The number of hydrogen-bond donors (Lipinski definition) is 0. The number of halogens is 1. The predicted molar refractivity (Wildman–Crippen MR) is 119 cm³/mol. The van der Waals surface area contributed by atoms with Gasteiger partial charge in [-0.15, -0.1) is 0 Å². The first-order valence-corrected chi connectivity index (χ1v) is 9.83. The van der Waals surface area contributed by atoms with Crippen molar-refractivity contribution in [3.05, 3.63) is 105 Å². The van der Waals surface area contributed by atoms with E-state index in [-0.39, 0.29) is 22.3 Å². The Morgan fingerprint density at radius 1 is 0.906 bits per heavy atom. The molecule has 1 aromatic heterocycles. The maximum Gasteiger partial charge on any atom is 0.270 e. The first-order chi connectivity index (χ1) is 15.4. The van der Waals surface area contributed by atoms with Crippen molar-refractivity contribution in [1.29, 1.82) is 0 Å². The predicted octanol–water partition coefficient (Wildman–Crippen LogP) is 6.54. The highest BCUT2D eigenvalue weighted by molar-refractivity contribution is 6.33. The van der Waals surface area contributed by atoms with Crippen LogP contribution < -0.4 is 9.47 Å². The standard InChI is InChI=1S/C24H16ClNO6/c1-30-17-7-9-19(10-8-17)31-18-5-2-15(3-6-18)24(27)23-13-12-22(32-23)20-11-4-16(26(28)29)14-21(20)25/h2-14H,1H3. The summed E-state index contributed by atoms with van der Waals surface area (Å²) in [6, 6.07) is 21.0. The number of hydrogen-bond acceptors (Lipinski definition) is 6. The summed E-state index contributed by atoms with van der Waals surface area (Å²) in [5, 5.41) is 11.0. The van der Waals surface area contributed by atoms with Crippen LogP contribution >= 0.6 is 11.6 Å². The van der Waals surface area contributed by atoms with Crippen LogP contribution in [-0.4, -0.2) is 17.8 Å². The number of nitrogens with zero attached hydrogens (tertiary/aromatic N) is 1. The molecule has 4 rings (SSSR count). The molecule has 32 heavy (non-hydrogen) atoms. The minimum Gasteiger partial charge on any atom is -0.497 e. The van der Waals surface area contributed by atoms with Crippen LogP contribution in [0.1, 0.15) is 16.1 Å². The van der Waals surface area contributed by atoms with Gasteiger partial charge in [0.25, 0.3) is 5.69 Å². The third-order valence-electron chi connectivity index (χ3n) is 4.67. The molecule has 0 saturated heterocycles. The van der Waals surface area contributed by atoms with E-state index in [0.29, 0.717) is 28.4 Å². The van der Waals surface area contributed by atoms with E-state index < -0.39 is 4.92 Å². The van der Waals surface area contributed by atoms with Gasteiger partial charge in [0.2, 0.25) is 5.78 Å². The molecule has 7 nitrogen and oxygen atoms in total. The number of nitro benzene ring substituents is 1. The number of carbonyl (C=O) groups is 1. The normalized spacial score (nSPS) is 10.6. The van der Waals surface area contributed by atoms with E-state index in [1.807, 2.05) is 0 Å². The maximum atomic E-state index is 12.8. The van der Waals surface area contributed by atoms with Crippen molar-refractivity contribution in [2.45, 2.75) is 0 Å². The number of nitro groups is 1. The van der Waals surface area contributed by atoms with Gasteiger partial charge in [0.05, 0.1) is 17.1 Å². The van der Waals surface area contributed by atoms with Crippen molar-refractivity contribution in [2.75, 3.05) is 7.11 Å². The fourth-order valence-electron chi connectivity index (χ4n) is 3.02. The Hall–Kier alpha value is -4.10. The molecule has 4 aromatic rings. The Bertz CT molecular complexity index is 1280. The lowest BCUT2D eigenvalue weighted by molar-refractivity contribution is -0.384. The number of carbonyl (C=O) groups excluding carboxylic acids is 1. The van der Waals surface area contributed by atoms with Crippen LogP contribution in [0.2, 0.25) is 5.02 Å². The SMILES string of the molecule is COc1ccc(Oc2ccc(C(=O)c3ccc(-c4ccc([N+](=O)[O-])cc4Cl)o3)cc2)cc1. The van der Waals surface area contributed by atoms with Crippen LogP contribution in [0.15, 0.2) is 83.3 Å². The second-order valence-corrected chi connectivity index (χ2v) is 7.12. The van der Waals surface area contributed by atoms with Gasteiger partial charge in [-0.25, -0.2) is 0 Å². The molecular formula is C24H16ClNO6.